The van der Waals surface area contributed by atoms with Crippen LogP contribution in [0.5, 0.6) is 0 Å². The number of anilines is 1. The van der Waals surface area contributed by atoms with Crippen molar-refractivity contribution in [2.75, 3.05) is 4.90 Å². The molecule has 1 aliphatic rings. The molecule has 0 bridgehead atoms. The number of thiophene rings is 1. The molecule has 0 spiro atoms. The maximum Gasteiger partial charge on any atom is 0.128 e. The highest BCUT2D eigenvalue weighted by Gasteiger charge is 2.32. The Kier molecular flexibility index (Phi) is 5.37. The van der Waals surface area contributed by atoms with E-state index in [1.807, 2.05) is 19.1 Å². The quantitative estimate of drug-likeness (QED) is 0.667. The van der Waals surface area contributed by atoms with Crippen molar-refractivity contribution in [3.63, 3.8) is 0 Å². The van der Waals surface area contributed by atoms with Gasteiger partial charge in [-0.3, -0.25) is 15.7 Å². The van der Waals surface area contributed by atoms with Crippen LogP contribution in [-0.2, 0) is 0 Å². The molecule has 2 aromatic rings. The van der Waals surface area contributed by atoms with Crippen molar-refractivity contribution in [3.8, 4) is 0 Å². The summed E-state index contributed by atoms with van der Waals surface area (Å²) in [5.74, 6) is 0.835. The number of hydrogen-bond acceptors (Lipinski definition) is 6. The number of halogens is 1. The molecule has 5 nitrogen and oxygen atoms in total. The third kappa shape index (κ3) is 3.49. The van der Waals surface area contributed by atoms with Crippen LogP contribution in [0.15, 0.2) is 29.4 Å². The number of hydrazone groups is 1. The minimum atomic E-state index is -0.447. The molecule has 1 aromatic carbocycles. The van der Waals surface area contributed by atoms with Gasteiger partial charge in [0.2, 0.25) is 0 Å². The van der Waals surface area contributed by atoms with Gasteiger partial charge in [0.1, 0.15) is 17.0 Å². The first kappa shape index (κ1) is 18.9. The number of aliphatic hydroxyl groups excluding tert-OH is 1. The maximum atomic E-state index is 9.84. The Morgan fingerprint density at radius 1 is 1.35 bits per heavy atom. The molecule has 0 saturated heterocycles. The number of nitrogens with one attached hydrogen (secondary N) is 2. The SMILES string of the molecule is CC1=NNC(CC(C)O)N1c1sc(C)c(C)c1C(=N)c1ccc(Cl)cc1. The molecule has 138 valence electrons. The zero-order valence-electron chi connectivity index (χ0n) is 15.3. The molecule has 0 saturated carbocycles. The van der Waals surface area contributed by atoms with Crippen molar-refractivity contribution < 1.29 is 5.11 Å². The smallest absolute Gasteiger partial charge is 0.128 e. The van der Waals surface area contributed by atoms with Crippen LogP contribution in [0.2, 0.25) is 5.02 Å². The minimum absolute atomic E-state index is 0.121. The second-order valence-corrected chi connectivity index (χ2v) is 8.24. The molecule has 0 fully saturated rings. The van der Waals surface area contributed by atoms with Gasteiger partial charge < -0.3 is 5.11 Å². The number of nitrogens with zero attached hydrogens (tertiary/aromatic N) is 2. The summed E-state index contributed by atoms with van der Waals surface area (Å²) in [6.07, 6.45) is -0.0217. The molecule has 1 aliphatic heterocycles. The number of aliphatic hydroxyl groups is 1. The monoisotopic (exact) mass is 390 g/mol. The second-order valence-electron chi connectivity index (χ2n) is 6.60. The van der Waals surface area contributed by atoms with Gasteiger partial charge in [-0.25, -0.2) is 0 Å². The van der Waals surface area contributed by atoms with Gasteiger partial charge in [-0.1, -0.05) is 23.7 Å². The fraction of sp³-hybridized carbons (Fsp3) is 0.368. The van der Waals surface area contributed by atoms with Crippen molar-refractivity contribution in [1.29, 1.82) is 5.41 Å². The fourth-order valence-corrected chi connectivity index (χ4v) is 4.49. The van der Waals surface area contributed by atoms with Crippen LogP contribution in [-0.4, -0.2) is 28.9 Å². The van der Waals surface area contributed by atoms with Gasteiger partial charge >= 0.3 is 0 Å². The Hall–Kier alpha value is -1.89. The van der Waals surface area contributed by atoms with Crippen molar-refractivity contribution in [2.24, 2.45) is 5.10 Å². The third-order valence-electron chi connectivity index (χ3n) is 4.57. The van der Waals surface area contributed by atoms with Gasteiger partial charge in [0.05, 0.1) is 11.8 Å². The molecule has 2 unspecified atom stereocenters. The van der Waals surface area contributed by atoms with E-state index in [1.165, 1.54) is 4.88 Å². The summed E-state index contributed by atoms with van der Waals surface area (Å²) in [5.41, 5.74) is 6.40. The normalized spacial score (nSPS) is 17.8. The molecule has 7 heteroatoms. The highest BCUT2D eigenvalue weighted by atomic mass is 35.5. The Morgan fingerprint density at radius 2 is 2.00 bits per heavy atom. The third-order valence-corrected chi connectivity index (χ3v) is 6.03. The van der Waals surface area contributed by atoms with Crippen LogP contribution < -0.4 is 10.3 Å². The van der Waals surface area contributed by atoms with Crippen LogP contribution in [0, 0.1) is 19.3 Å². The van der Waals surface area contributed by atoms with E-state index in [0.717, 1.165) is 27.5 Å². The highest BCUT2D eigenvalue weighted by Crippen LogP contribution is 2.39. The zero-order chi connectivity index (χ0) is 19.0. The van der Waals surface area contributed by atoms with Gasteiger partial charge in [-0.05, 0) is 45.4 Å². The molecule has 0 radical (unpaired) electrons. The lowest BCUT2D eigenvalue weighted by Gasteiger charge is -2.27. The van der Waals surface area contributed by atoms with Crippen molar-refractivity contribution in [3.05, 3.63) is 50.9 Å². The summed E-state index contributed by atoms with van der Waals surface area (Å²) in [5, 5.41) is 24.6. The average molecular weight is 391 g/mol. The number of aryl methyl sites for hydroxylation is 1. The van der Waals surface area contributed by atoms with E-state index in [2.05, 4.69) is 29.3 Å². The van der Waals surface area contributed by atoms with E-state index in [1.54, 1.807) is 30.4 Å². The summed E-state index contributed by atoms with van der Waals surface area (Å²) in [7, 11) is 0. The van der Waals surface area contributed by atoms with Gasteiger partial charge in [0, 0.05) is 27.4 Å². The molecule has 3 N–H and O–H groups in total. The van der Waals surface area contributed by atoms with E-state index in [0.29, 0.717) is 17.2 Å². The Balaban J connectivity index is 2.06. The van der Waals surface area contributed by atoms with Gasteiger partial charge in [-0.15, -0.1) is 11.3 Å². The van der Waals surface area contributed by atoms with E-state index in [9.17, 15) is 5.11 Å². The van der Waals surface area contributed by atoms with Crippen LogP contribution in [0.25, 0.3) is 0 Å². The molecule has 2 atom stereocenters. The zero-order valence-corrected chi connectivity index (χ0v) is 16.9. The summed E-state index contributed by atoms with van der Waals surface area (Å²) < 4.78 is 0. The van der Waals surface area contributed by atoms with Gasteiger partial charge in [0.15, 0.2) is 0 Å². The summed E-state index contributed by atoms with van der Waals surface area (Å²) in [4.78, 5) is 3.26. The average Bonchev–Trinajstić information content (AvgIpc) is 3.07. The molecule has 0 amide bonds. The largest absolute Gasteiger partial charge is 0.393 e. The van der Waals surface area contributed by atoms with Crippen LogP contribution in [0.4, 0.5) is 5.00 Å². The van der Waals surface area contributed by atoms with Gasteiger partial charge in [-0.2, -0.15) is 5.10 Å². The topological polar surface area (TPSA) is 71.7 Å². The fourth-order valence-electron chi connectivity index (χ4n) is 3.11. The Labute approximate surface area is 162 Å². The van der Waals surface area contributed by atoms with Crippen LogP contribution in [0.1, 0.15) is 41.8 Å². The van der Waals surface area contributed by atoms with Crippen molar-refractivity contribution >= 4 is 39.5 Å². The number of hydrogen-bond donors (Lipinski definition) is 3. The van der Waals surface area contributed by atoms with Crippen molar-refractivity contribution in [1.82, 2.24) is 5.43 Å². The first-order valence-corrected chi connectivity index (χ1v) is 9.71. The van der Waals surface area contributed by atoms with Crippen LogP contribution in [0.3, 0.4) is 0 Å². The predicted molar refractivity (Wildman–Crippen MR) is 110 cm³/mol. The minimum Gasteiger partial charge on any atom is -0.393 e. The summed E-state index contributed by atoms with van der Waals surface area (Å²) >= 11 is 7.65. The predicted octanol–water partition coefficient (Wildman–Crippen LogP) is 4.27. The molecule has 26 heavy (non-hydrogen) atoms. The number of benzene rings is 1. The summed E-state index contributed by atoms with van der Waals surface area (Å²) in [6.45, 7) is 7.83. The van der Waals surface area contributed by atoms with Crippen molar-refractivity contribution in [2.45, 2.75) is 46.4 Å². The van der Waals surface area contributed by atoms with E-state index >= 15 is 0 Å². The van der Waals surface area contributed by atoms with Crippen LogP contribution >= 0.6 is 22.9 Å². The van der Waals surface area contributed by atoms with E-state index in [-0.39, 0.29) is 6.17 Å². The summed E-state index contributed by atoms with van der Waals surface area (Å²) in [6, 6.07) is 7.36. The second kappa shape index (κ2) is 7.39. The highest BCUT2D eigenvalue weighted by molar-refractivity contribution is 7.17. The first-order chi connectivity index (χ1) is 12.3. The molecule has 2 heterocycles. The lowest BCUT2D eigenvalue weighted by Crippen LogP contribution is -2.41. The molecular formula is C19H23ClN4OS. The lowest BCUT2D eigenvalue weighted by atomic mass is 9.99. The van der Waals surface area contributed by atoms with Gasteiger partial charge in [0.25, 0.3) is 0 Å². The number of rotatable bonds is 5. The van der Waals surface area contributed by atoms with E-state index < -0.39 is 6.10 Å². The standard InChI is InChI=1S/C19H23ClN4OS/c1-10(25)9-16-23-22-13(4)24(16)19-17(11(2)12(3)26-19)18(21)14-5-7-15(20)8-6-14/h5-8,10,16,21,23,25H,9H2,1-4H3. The van der Waals surface area contributed by atoms with E-state index in [4.69, 9.17) is 17.0 Å². The maximum absolute atomic E-state index is 9.84. The number of amidine groups is 1. The molecule has 0 aliphatic carbocycles. The molecule has 3 rings (SSSR count). The Morgan fingerprint density at radius 3 is 2.62 bits per heavy atom. The lowest BCUT2D eigenvalue weighted by molar-refractivity contribution is 0.171. The Bertz CT molecular complexity index is 857. The molecule has 1 aromatic heterocycles. The molecular weight excluding hydrogens is 368 g/mol. The first-order valence-electron chi connectivity index (χ1n) is 8.51.